The number of fused-ring (bicyclic) bond motifs is 1. The lowest BCUT2D eigenvalue weighted by Gasteiger charge is -2.19. The molecular formula is C14H21NO. The summed E-state index contributed by atoms with van der Waals surface area (Å²) in [5.41, 5.74) is 4.28. The second-order valence-corrected chi connectivity index (χ2v) is 4.65. The summed E-state index contributed by atoms with van der Waals surface area (Å²) >= 11 is 0. The van der Waals surface area contributed by atoms with Crippen LogP contribution in [-0.2, 0) is 6.42 Å². The number of hydrogen-bond acceptors (Lipinski definition) is 2. The van der Waals surface area contributed by atoms with Crippen molar-refractivity contribution in [2.45, 2.75) is 32.6 Å². The molecule has 1 aromatic carbocycles. The van der Waals surface area contributed by atoms with Crippen molar-refractivity contribution in [3.8, 4) is 0 Å². The van der Waals surface area contributed by atoms with Crippen LogP contribution in [0.4, 0.5) is 5.69 Å². The third-order valence-corrected chi connectivity index (χ3v) is 3.32. The molecule has 1 aliphatic heterocycles. The van der Waals surface area contributed by atoms with Gasteiger partial charge >= 0.3 is 0 Å². The van der Waals surface area contributed by atoms with Gasteiger partial charge in [0.05, 0.1) is 0 Å². The summed E-state index contributed by atoms with van der Waals surface area (Å²) in [7, 11) is 0. The lowest BCUT2D eigenvalue weighted by molar-refractivity contribution is 0.283. The summed E-state index contributed by atoms with van der Waals surface area (Å²) in [6, 6.07) is 6.76. The predicted molar refractivity (Wildman–Crippen MR) is 68.0 cm³/mol. The first-order chi connectivity index (χ1) is 7.81. The second-order valence-electron chi connectivity index (χ2n) is 4.65. The van der Waals surface area contributed by atoms with Crippen LogP contribution in [0.1, 0.15) is 30.4 Å². The summed E-state index contributed by atoms with van der Waals surface area (Å²) < 4.78 is 0. The molecule has 0 spiro atoms. The van der Waals surface area contributed by atoms with E-state index in [1.807, 2.05) is 0 Å². The molecule has 0 radical (unpaired) electrons. The highest BCUT2D eigenvalue weighted by Gasteiger charge is 2.17. The van der Waals surface area contributed by atoms with Crippen molar-refractivity contribution >= 4 is 5.69 Å². The average Bonchev–Trinajstić information content (AvgIpc) is 2.67. The number of nitrogens with zero attached hydrogens (tertiary/aromatic N) is 1. The number of aliphatic hydroxyl groups is 1. The van der Waals surface area contributed by atoms with Crippen LogP contribution in [0, 0.1) is 6.92 Å². The van der Waals surface area contributed by atoms with Crippen molar-refractivity contribution < 1.29 is 5.11 Å². The number of rotatable bonds is 5. The Hall–Kier alpha value is -1.02. The minimum absolute atomic E-state index is 0.329. The molecule has 0 saturated heterocycles. The molecule has 1 aromatic rings. The van der Waals surface area contributed by atoms with Crippen molar-refractivity contribution in [3.05, 3.63) is 29.3 Å². The normalized spacial score (nSPS) is 14.2. The average molecular weight is 219 g/mol. The highest BCUT2D eigenvalue weighted by atomic mass is 16.2. The Kier molecular flexibility index (Phi) is 3.83. The van der Waals surface area contributed by atoms with Crippen LogP contribution in [0.3, 0.4) is 0 Å². The van der Waals surface area contributed by atoms with Crippen molar-refractivity contribution in [1.29, 1.82) is 0 Å². The maximum atomic E-state index is 8.74. The highest BCUT2D eigenvalue weighted by Crippen LogP contribution is 2.28. The number of aliphatic hydroxyl groups excluding tert-OH is 1. The highest BCUT2D eigenvalue weighted by molar-refractivity contribution is 5.59. The molecule has 2 nitrogen and oxygen atoms in total. The van der Waals surface area contributed by atoms with E-state index in [1.165, 1.54) is 29.7 Å². The topological polar surface area (TPSA) is 23.5 Å². The van der Waals surface area contributed by atoms with Gasteiger partial charge in [-0.25, -0.2) is 0 Å². The van der Waals surface area contributed by atoms with Gasteiger partial charge in [0.15, 0.2) is 0 Å². The zero-order valence-electron chi connectivity index (χ0n) is 10.1. The van der Waals surface area contributed by atoms with E-state index >= 15 is 0 Å². The lowest BCUT2D eigenvalue weighted by atomic mass is 10.1. The van der Waals surface area contributed by atoms with Gasteiger partial charge < -0.3 is 10.0 Å². The molecule has 0 saturated carbocycles. The molecule has 16 heavy (non-hydrogen) atoms. The Morgan fingerprint density at radius 2 is 2.12 bits per heavy atom. The van der Waals surface area contributed by atoms with E-state index < -0.39 is 0 Å². The molecule has 1 aliphatic rings. The van der Waals surface area contributed by atoms with Gasteiger partial charge in [-0.1, -0.05) is 12.1 Å². The maximum Gasteiger partial charge on any atom is 0.0431 e. The molecule has 0 amide bonds. The van der Waals surface area contributed by atoms with E-state index in [9.17, 15) is 0 Å². The molecule has 88 valence electrons. The molecule has 0 atom stereocenters. The van der Waals surface area contributed by atoms with Crippen LogP contribution in [-0.4, -0.2) is 24.8 Å². The van der Waals surface area contributed by atoms with Gasteiger partial charge in [-0.2, -0.15) is 0 Å². The van der Waals surface area contributed by atoms with E-state index in [2.05, 4.69) is 30.0 Å². The molecule has 2 heteroatoms. The summed E-state index contributed by atoms with van der Waals surface area (Å²) in [5, 5.41) is 8.74. The lowest BCUT2D eigenvalue weighted by Crippen LogP contribution is -2.21. The van der Waals surface area contributed by atoms with Crippen molar-refractivity contribution in [3.63, 3.8) is 0 Å². The zero-order chi connectivity index (χ0) is 11.4. The molecule has 0 bridgehead atoms. The van der Waals surface area contributed by atoms with Gasteiger partial charge in [0.25, 0.3) is 0 Å². The van der Waals surface area contributed by atoms with Crippen LogP contribution < -0.4 is 4.90 Å². The molecule has 1 heterocycles. The standard InChI is InChI=1S/C14H21NO/c1-12-5-6-13-7-9-15(14(13)11-12)8-3-2-4-10-16/h5-6,11,16H,2-4,7-10H2,1H3. The summed E-state index contributed by atoms with van der Waals surface area (Å²) in [5.74, 6) is 0. The first-order valence-corrected chi connectivity index (χ1v) is 6.26. The van der Waals surface area contributed by atoms with Gasteiger partial charge in [0, 0.05) is 25.4 Å². The molecule has 2 rings (SSSR count). The van der Waals surface area contributed by atoms with Crippen LogP contribution in [0.2, 0.25) is 0 Å². The number of aryl methyl sites for hydroxylation is 1. The van der Waals surface area contributed by atoms with E-state index in [1.54, 1.807) is 0 Å². The Bertz CT molecular complexity index is 349. The van der Waals surface area contributed by atoms with E-state index in [0.717, 1.165) is 25.9 Å². The van der Waals surface area contributed by atoms with Crippen molar-refractivity contribution in [2.24, 2.45) is 0 Å². The van der Waals surface area contributed by atoms with Gasteiger partial charge in [-0.15, -0.1) is 0 Å². The van der Waals surface area contributed by atoms with Crippen LogP contribution in [0.25, 0.3) is 0 Å². The monoisotopic (exact) mass is 219 g/mol. The number of unbranched alkanes of at least 4 members (excludes halogenated alkanes) is 2. The Morgan fingerprint density at radius 1 is 1.25 bits per heavy atom. The van der Waals surface area contributed by atoms with Crippen LogP contribution >= 0.6 is 0 Å². The maximum absolute atomic E-state index is 8.74. The quantitative estimate of drug-likeness (QED) is 0.769. The van der Waals surface area contributed by atoms with Crippen molar-refractivity contribution in [2.75, 3.05) is 24.6 Å². The number of anilines is 1. The second kappa shape index (κ2) is 5.35. The molecule has 1 N–H and O–H groups in total. The Balaban J connectivity index is 1.92. The molecule has 0 aliphatic carbocycles. The van der Waals surface area contributed by atoms with Crippen LogP contribution in [0.15, 0.2) is 18.2 Å². The number of benzene rings is 1. The molecule has 0 fully saturated rings. The fourth-order valence-electron chi connectivity index (χ4n) is 2.38. The summed E-state index contributed by atoms with van der Waals surface area (Å²) in [4.78, 5) is 2.49. The predicted octanol–water partition coefficient (Wildman–Crippen LogP) is 2.52. The fraction of sp³-hybridized carbons (Fsp3) is 0.571. The number of hydrogen-bond donors (Lipinski definition) is 1. The van der Waals surface area contributed by atoms with Crippen LogP contribution in [0.5, 0.6) is 0 Å². The minimum atomic E-state index is 0.329. The summed E-state index contributed by atoms with van der Waals surface area (Å²) in [6.07, 6.45) is 4.45. The van der Waals surface area contributed by atoms with E-state index in [4.69, 9.17) is 5.11 Å². The first-order valence-electron chi connectivity index (χ1n) is 6.26. The Labute approximate surface area is 97.9 Å². The molecular weight excluding hydrogens is 198 g/mol. The SMILES string of the molecule is Cc1ccc2c(c1)N(CCCCCO)CC2. The van der Waals surface area contributed by atoms with Gasteiger partial charge in [0.2, 0.25) is 0 Å². The first kappa shape index (κ1) is 11.5. The van der Waals surface area contributed by atoms with Crippen molar-refractivity contribution in [1.82, 2.24) is 0 Å². The molecule has 0 unspecified atom stereocenters. The Morgan fingerprint density at radius 3 is 2.94 bits per heavy atom. The minimum Gasteiger partial charge on any atom is -0.396 e. The van der Waals surface area contributed by atoms with Gasteiger partial charge in [0.1, 0.15) is 0 Å². The third kappa shape index (κ3) is 2.56. The molecule has 0 aromatic heterocycles. The summed E-state index contributed by atoms with van der Waals surface area (Å²) in [6.45, 7) is 4.78. The fourth-order valence-corrected chi connectivity index (χ4v) is 2.38. The van der Waals surface area contributed by atoms with Gasteiger partial charge in [-0.05, 0) is 49.8 Å². The largest absolute Gasteiger partial charge is 0.396 e. The van der Waals surface area contributed by atoms with Gasteiger partial charge in [-0.3, -0.25) is 0 Å². The van der Waals surface area contributed by atoms with E-state index in [0.29, 0.717) is 6.61 Å². The van der Waals surface area contributed by atoms with E-state index in [-0.39, 0.29) is 0 Å². The smallest absolute Gasteiger partial charge is 0.0431 e. The third-order valence-electron chi connectivity index (χ3n) is 3.32. The zero-order valence-corrected chi connectivity index (χ0v) is 10.1.